The summed E-state index contributed by atoms with van der Waals surface area (Å²) >= 11 is 1.48. The first-order chi connectivity index (χ1) is 12.0. The van der Waals surface area contributed by atoms with Gasteiger partial charge in [0.1, 0.15) is 5.82 Å². The van der Waals surface area contributed by atoms with Crippen molar-refractivity contribution in [2.75, 3.05) is 0 Å². The Morgan fingerprint density at radius 2 is 1.76 bits per heavy atom. The Balaban J connectivity index is 1.82. The predicted octanol–water partition coefficient (Wildman–Crippen LogP) is 5.14. The predicted molar refractivity (Wildman–Crippen MR) is 98.3 cm³/mol. The minimum Gasteiger partial charge on any atom is -0.267 e. The third-order valence-corrected chi connectivity index (χ3v) is 4.99. The van der Waals surface area contributed by atoms with E-state index in [0.717, 1.165) is 26.7 Å². The molecule has 0 N–H and O–H groups in total. The zero-order chi connectivity index (χ0) is 17.8. The van der Waals surface area contributed by atoms with Crippen molar-refractivity contribution in [3.05, 3.63) is 83.4 Å². The summed E-state index contributed by atoms with van der Waals surface area (Å²) in [6.07, 6.45) is 3.28. The lowest BCUT2D eigenvalue weighted by Crippen LogP contribution is -2.11. The fourth-order valence-corrected chi connectivity index (χ4v) is 3.34. The highest BCUT2D eigenvalue weighted by molar-refractivity contribution is 7.99. The molecule has 0 spiro atoms. The van der Waals surface area contributed by atoms with E-state index in [0.29, 0.717) is 0 Å². The van der Waals surface area contributed by atoms with Crippen LogP contribution in [0.2, 0.25) is 0 Å². The number of allylic oxidation sites excluding steroid dienone is 1. The van der Waals surface area contributed by atoms with E-state index >= 15 is 0 Å². The minimum absolute atomic E-state index is 0.199. The summed E-state index contributed by atoms with van der Waals surface area (Å²) in [6.45, 7) is 3.73. The maximum Gasteiger partial charge on any atom is 0.271 e. The van der Waals surface area contributed by atoms with E-state index in [9.17, 15) is 9.18 Å². The van der Waals surface area contributed by atoms with Crippen LogP contribution in [0.1, 0.15) is 21.7 Å². The van der Waals surface area contributed by atoms with E-state index in [1.165, 1.54) is 34.7 Å². The molecule has 3 nitrogen and oxygen atoms in total. The second kappa shape index (κ2) is 7.49. The van der Waals surface area contributed by atoms with E-state index < -0.39 is 0 Å². The molecule has 0 bridgehead atoms. The normalized spacial score (nSPS) is 11.2. The maximum absolute atomic E-state index is 13.0. The number of hydrogen-bond acceptors (Lipinski definition) is 3. The number of hydrogen-bond donors (Lipinski definition) is 0. The zero-order valence-corrected chi connectivity index (χ0v) is 14.8. The molecule has 3 aromatic rings. The Bertz CT molecular complexity index is 915. The number of benzene rings is 2. The number of aromatic nitrogens is 2. The number of nitrogens with zero attached hydrogens (tertiary/aromatic N) is 2. The van der Waals surface area contributed by atoms with Crippen molar-refractivity contribution in [3.63, 3.8) is 0 Å². The second-order valence-electron chi connectivity index (χ2n) is 5.55. The molecular formula is C20H17FN2OS. The van der Waals surface area contributed by atoms with Gasteiger partial charge in [-0.15, -0.1) is 0 Å². The minimum atomic E-state index is -0.269. The van der Waals surface area contributed by atoms with Crippen molar-refractivity contribution in [1.82, 2.24) is 9.78 Å². The van der Waals surface area contributed by atoms with Crippen LogP contribution in [0.4, 0.5) is 4.39 Å². The fraction of sp³-hybridized carbons (Fsp3) is 0.100. The van der Waals surface area contributed by atoms with Crippen LogP contribution in [0.3, 0.4) is 0 Å². The van der Waals surface area contributed by atoms with Crippen molar-refractivity contribution in [1.29, 1.82) is 0 Å². The molecule has 0 saturated heterocycles. The molecule has 0 radical (unpaired) electrons. The number of aryl methyl sites for hydroxylation is 1. The average molecular weight is 352 g/mol. The third kappa shape index (κ3) is 4.06. The van der Waals surface area contributed by atoms with Gasteiger partial charge >= 0.3 is 0 Å². The number of carbonyl (C=O) groups excluding carboxylic acids is 1. The SMILES string of the molecule is Cc1nn(C(=O)C=Cc2ccccc2)c(C)c1Sc1ccc(F)cc1. The van der Waals surface area contributed by atoms with E-state index in [4.69, 9.17) is 0 Å². The number of carbonyl (C=O) groups is 1. The van der Waals surface area contributed by atoms with Crippen molar-refractivity contribution in [2.24, 2.45) is 0 Å². The summed E-state index contributed by atoms with van der Waals surface area (Å²) in [5.41, 5.74) is 2.50. The van der Waals surface area contributed by atoms with Crippen molar-refractivity contribution >= 4 is 23.7 Å². The number of rotatable bonds is 4. The van der Waals surface area contributed by atoms with Gasteiger partial charge in [0.15, 0.2) is 0 Å². The second-order valence-corrected chi connectivity index (χ2v) is 6.63. The molecule has 0 aliphatic heterocycles. The van der Waals surface area contributed by atoms with E-state index in [1.54, 1.807) is 18.2 Å². The van der Waals surface area contributed by atoms with Crippen LogP contribution in [-0.4, -0.2) is 15.7 Å². The summed E-state index contributed by atoms with van der Waals surface area (Å²) < 4.78 is 14.4. The Kier molecular flexibility index (Phi) is 5.14. The van der Waals surface area contributed by atoms with Crippen LogP contribution in [0, 0.1) is 19.7 Å². The van der Waals surface area contributed by atoms with Crippen LogP contribution in [-0.2, 0) is 0 Å². The Morgan fingerprint density at radius 1 is 1.08 bits per heavy atom. The highest BCUT2D eigenvalue weighted by atomic mass is 32.2. The lowest BCUT2D eigenvalue weighted by Gasteiger charge is -2.03. The van der Waals surface area contributed by atoms with Crippen LogP contribution >= 0.6 is 11.8 Å². The van der Waals surface area contributed by atoms with Gasteiger partial charge in [-0.1, -0.05) is 42.1 Å². The molecule has 0 aliphatic rings. The highest BCUT2D eigenvalue weighted by Gasteiger charge is 2.16. The van der Waals surface area contributed by atoms with E-state index in [-0.39, 0.29) is 11.7 Å². The Morgan fingerprint density at radius 3 is 2.44 bits per heavy atom. The number of halogens is 1. The standard InChI is InChI=1S/C20H17FN2OS/c1-14-20(25-18-11-9-17(21)10-12-18)15(2)23(22-14)19(24)13-8-16-6-4-3-5-7-16/h3-13H,1-2H3. The molecule has 0 amide bonds. The first-order valence-corrected chi connectivity index (χ1v) is 8.63. The molecule has 0 aliphatic carbocycles. The van der Waals surface area contributed by atoms with Gasteiger partial charge in [-0.05, 0) is 49.8 Å². The molecule has 0 unspecified atom stereocenters. The largest absolute Gasteiger partial charge is 0.271 e. The molecule has 126 valence electrons. The summed E-state index contributed by atoms with van der Waals surface area (Å²) in [5, 5.41) is 4.36. The van der Waals surface area contributed by atoms with Crippen LogP contribution in [0.15, 0.2) is 70.5 Å². The first kappa shape index (κ1) is 17.2. The summed E-state index contributed by atoms with van der Waals surface area (Å²) in [7, 11) is 0. The fourth-order valence-electron chi connectivity index (χ4n) is 2.41. The molecule has 0 atom stereocenters. The maximum atomic E-state index is 13.0. The zero-order valence-electron chi connectivity index (χ0n) is 13.9. The first-order valence-electron chi connectivity index (χ1n) is 7.81. The lowest BCUT2D eigenvalue weighted by molar-refractivity contribution is 0.0952. The van der Waals surface area contributed by atoms with Gasteiger partial charge in [0, 0.05) is 11.0 Å². The van der Waals surface area contributed by atoms with Crippen molar-refractivity contribution in [3.8, 4) is 0 Å². The van der Waals surface area contributed by atoms with Crippen molar-refractivity contribution < 1.29 is 9.18 Å². The molecule has 0 saturated carbocycles. The molecule has 1 heterocycles. The van der Waals surface area contributed by atoms with Crippen LogP contribution in [0.5, 0.6) is 0 Å². The third-order valence-electron chi connectivity index (χ3n) is 3.69. The van der Waals surface area contributed by atoms with Gasteiger partial charge < -0.3 is 0 Å². The smallest absolute Gasteiger partial charge is 0.267 e. The molecule has 3 rings (SSSR count). The van der Waals surface area contributed by atoms with Gasteiger partial charge in [-0.2, -0.15) is 5.10 Å². The lowest BCUT2D eigenvalue weighted by atomic mass is 10.2. The van der Waals surface area contributed by atoms with Crippen molar-refractivity contribution in [2.45, 2.75) is 23.6 Å². The summed E-state index contributed by atoms with van der Waals surface area (Å²) in [5.74, 6) is -0.467. The van der Waals surface area contributed by atoms with Gasteiger partial charge in [-0.25, -0.2) is 9.07 Å². The average Bonchev–Trinajstić information content (AvgIpc) is 2.90. The molecule has 5 heteroatoms. The monoisotopic (exact) mass is 352 g/mol. The molecule has 1 aromatic heterocycles. The molecular weight excluding hydrogens is 335 g/mol. The molecule has 0 fully saturated rings. The highest BCUT2D eigenvalue weighted by Crippen LogP contribution is 2.32. The topological polar surface area (TPSA) is 34.9 Å². The van der Waals surface area contributed by atoms with Crippen LogP contribution in [0.25, 0.3) is 6.08 Å². The van der Waals surface area contributed by atoms with Gasteiger partial charge in [0.2, 0.25) is 0 Å². The Labute approximate surface area is 150 Å². The quantitative estimate of drug-likeness (QED) is 0.610. The van der Waals surface area contributed by atoms with E-state index in [1.807, 2.05) is 44.2 Å². The van der Waals surface area contributed by atoms with Crippen LogP contribution < -0.4 is 0 Å². The summed E-state index contributed by atoms with van der Waals surface area (Å²) in [4.78, 5) is 14.3. The van der Waals surface area contributed by atoms with E-state index in [2.05, 4.69) is 5.10 Å². The van der Waals surface area contributed by atoms with Gasteiger partial charge in [0.25, 0.3) is 5.91 Å². The van der Waals surface area contributed by atoms with Gasteiger partial charge in [-0.3, -0.25) is 4.79 Å². The molecule has 25 heavy (non-hydrogen) atoms. The molecule has 2 aromatic carbocycles. The van der Waals surface area contributed by atoms with Gasteiger partial charge in [0.05, 0.1) is 16.3 Å². The summed E-state index contributed by atoms with van der Waals surface area (Å²) in [6, 6.07) is 15.9. The Hall–Kier alpha value is -2.66.